The average Bonchev–Trinajstić information content (AvgIpc) is 2.56. The SMILES string of the molecule is CC1=C(C)C(=O)N(C2C(N)C3CCCOC32)C1=O. The van der Waals surface area contributed by atoms with Gasteiger partial charge in [-0.3, -0.25) is 14.5 Å². The zero-order valence-electron chi connectivity index (χ0n) is 10.7. The summed E-state index contributed by atoms with van der Waals surface area (Å²) < 4.78 is 5.69. The van der Waals surface area contributed by atoms with Crippen molar-refractivity contribution in [1.29, 1.82) is 0 Å². The van der Waals surface area contributed by atoms with Crippen molar-refractivity contribution >= 4 is 11.8 Å². The van der Waals surface area contributed by atoms with Crippen molar-refractivity contribution in [2.24, 2.45) is 11.7 Å². The minimum atomic E-state index is -0.275. The normalized spacial score (nSPS) is 40.1. The molecule has 98 valence electrons. The van der Waals surface area contributed by atoms with E-state index in [1.54, 1.807) is 13.8 Å². The number of nitrogens with two attached hydrogens (primary N) is 1. The lowest BCUT2D eigenvalue weighted by atomic mass is 9.68. The topological polar surface area (TPSA) is 72.6 Å². The summed E-state index contributed by atoms with van der Waals surface area (Å²) in [6.07, 6.45) is 1.99. The van der Waals surface area contributed by atoms with Crippen molar-refractivity contribution in [1.82, 2.24) is 4.90 Å². The van der Waals surface area contributed by atoms with Gasteiger partial charge in [0.05, 0.1) is 12.1 Å². The molecule has 2 N–H and O–H groups in total. The van der Waals surface area contributed by atoms with E-state index in [0.717, 1.165) is 12.8 Å². The van der Waals surface area contributed by atoms with Gasteiger partial charge in [0.15, 0.2) is 0 Å². The number of imide groups is 1. The molecule has 0 aromatic rings. The molecule has 2 heterocycles. The fraction of sp³-hybridized carbons (Fsp3) is 0.692. The second-order valence-electron chi connectivity index (χ2n) is 5.44. The molecule has 5 heteroatoms. The molecule has 0 spiro atoms. The van der Waals surface area contributed by atoms with Crippen molar-refractivity contribution in [3.63, 3.8) is 0 Å². The fourth-order valence-corrected chi connectivity index (χ4v) is 3.28. The Labute approximate surface area is 106 Å². The Balaban J connectivity index is 1.85. The maximum absolute atomic E-state index is 12.1. The van der Waals surface area contributed by atoms with E-state index in [4.69, 9.17) is 10.5 Å². The standard InChI is InChI=1S/C13H18N2O3/c1-6-7(2)13(17)15(12(6)16)10-9(14)8-4-3-5-18-11(8)10/h8-11H,3-5,14H2,1-2H3. The first-order valence-corrected chi connectivity index (χ1v) is 6.46. The minimum Gasteiger partial charge on any atom is -0.376 e. The highest BCUT2D eigenvalue weighted by Crippen LogP contribution is 2.42. The Morgan fingerprint density at radius 1 is 1.22 bits per heavy atom. The third-order valence-corrected chi connectivity index (χ3v) is 4.58. The first-order valence-electron chi connectivity index (χ1n) is 6.46. The molecule has 1 aliphatic carbocycles. The zero-order valence-corrected chi connectivity index (χ0v) is 10.7. The van der Waals surface area contributed by atoms with E-state index in [1.807, 2.05) is 0 Å². The summed E-state index contributed by atoms with van der Waals surface area (Å²) in [5, 5.41) is 0. The number of ether oxygens (including phenoxy) is 1. The number of carbonyl (C=O) groups is 2. The molecule has 0 radical (unpaired) electrons. The number of hydrogen-bond acceptors (Lipinski definition) is 4. The summed E-state index contributed by atoms with van der Waals surface area (Å²) in [4.78, 5) is 25.6. The summed E-state index contributed by atoms with van der Waals surface area (Å²) in [7, 11) is 0. The Hall–Kier alpha value is -1.20. The Morgan fingerprint density at radius 3 is 2.44 bits per heavy atom. The first-order chi connectivity index (χ1) is 8.54. The highest BCUT2D eigenvalue weighted by atomic mass is 16.5. The van der Waals surface area contributed by atoms with Crippen LogP contribution in [0.3, 0.4) is 0 Å². The zero-order chi connectivity index (χ0) is 13.0. The molecule has 2 fully saturated rings. The summed E-state index contributed by atoms with van der Waals surface area (Å²) >= 11 is 0. The van der Waals surface area contributed by atoms with Crippen LogP contribution in [0, 0.1) is 5.92 Å². The Bertz CT molecular complexity index is 433. The number of hydrogen-bond donors (Lipinski definition) is 1. The molecule has 3 aliphatic rings. The third kappa shape index (κ3) is 1.34. The predicted molar refractivity (Wildman–Crippen MR) is 64.5 cm³/mol. The molecule has 2 amide bonds. The number of rotatable bonds is 1. The molecule has 3 rings (SSSR count). The molecule has 2 aliphatic heterocycles. The van der Waals surface area contributed by atoms with E-state index in [-0.39, 0.29) is 30.0 Å². The van der Waals surface area contributed by atoms with E-state index < -0.39 is 0 Å². The van der Waals surface area contributed by atoms with Crippen LogP contribution < -0.4 is 5.73 Å². The maximum atomic E-state index is 12.1. The molecule has 1 saturated carbocycles. The summed E-state index contributed by atoms with van der Waals surface area (Å²) in [6.45, 7) is 4.09. The third-order valence-electron chi connectivity index (χ3n) is 4.58. The predicted octanol–water partition coefficient (Wildman–Crippen LogP) is 0.196. The Kier molecular flexibility index (Phi) is 2.57. The lowest BCUT2D eigenvalue weighted by Crippen LogP contribution is -2.73. The van der Waals surface area contributed by atoms with Crippen molar-refractivity contribution < 1.29 is 14.3 Å². The number of amides is 2. The van der Waals surface area contributed by atoms with E-state index in [9.17, 15) is 9.59 Å². The summed E-state index contributed by atoms with van der Waals surface area (Å²) in [6, 6.07) is -0.412. The van der Waals surface area contributed by atoms with Gasteiger partial charge < -0.3 is 10.5 Å². The lowest BCUT2D eigenvalue weighted by molar-refractivity contribution is -0.172. The fourth-order valence-electron chi connectivity index (χ4n) is 3.28. The highest BCUT2D eigenvalue weighted by Gasteiger charge is 2.57. The van der Waals surface area contributed by atoms with Gasteiger partial charge >= 0.3 is 0 Å². The summed E-state index contributed by atoms with van der Waals surface area (Å²) in [5.41, 5.74) is 7.20. The van der Waals surface area contributed by atoms with Crippen LogP contribution in [-0.2, 0) is 14.3 Å². The molecule has 4 unspecified atom stereocenters. The molecule has 1 saturated heterocycles. The molecule has 0 aromatic heterocycles. The van der Waals surface area contributed by atoms with Gasteiger partial charge in [-0.1, -0.05) is 0 Å². The van der Waals surface area contributed by atoms with Crippen LogP contribution in [0.25, 0.3) is 0 Å². The van der Waals surface area contributed by atoms with Crippen LogP contribution in [0.1, 0.15) is 26.7 Å². The number of nitrogens with zero attached hydrogens (tertiary/aromatic N) is 1. The van der Waals surface area contributed by atoms with Crippen molar-refractivity contribution in [3.05, 3.63) is 11.1 Å². The molecular formula is C13H18N2O3. The van der Waals surface area contributed by atoms with Crippen molar-refractivity contribution in [2.45, 2.75) is 44.9 Å². The second kappa shape index (κ2) is 3.90. The largest absolute Gasteiger partial charge is 0.376 e. The molecule has 0 aromatic carbocycles. The van der Waals surface area contributed by atoms with Crippen LogP contribution in [0.4, 0.5) is 0 Å². The maximum Gasteiger partial charge on any atom is 0.257 e. The van der Waals surface area contributed by atoms with Gasteiger partial charge in [-0.25, -0.2) is 0 Å². The van der Waals surface area contributed by atoms with Crippen LogP contribution in [-0.4, -0.2) is 41.5 Å². The molecular weight excluding hydrogens is 232 g/mol. The minimum absolute atomic E-state index is 0.0552. The van der Waals surface area contributed by atoms with Crippen LogP contribution >= 0.6 is 0 Å². The smallest absolute Gasteiger partial charge is 0.257 e. The van der Waals surface area contributed by atoms with Crippen molar-refractivity contribution in [2.75, 3.05) is 6.61 Å². The quantitative estimate of drug-likeness (QED) is 0.675. The Morgan fingerprint density at radius 2 is 1.83 bits per heavy atom. The van der Waals surface area contributed by atoms with E-state index >= 15 is 0 Å². The van der Waals surface area contributed by atoms with Gasteiger partial charge in [0.1, 0.15) is 0 Å². The van der Waals surface area contributed by atoms with Crippen LogP contribution in [0.2, 0.25) is 0 Å². The van der Waals surface area contributed by atoms with E-state index in [2.05, 4.69) is 0 Å². The van der Waals surface area contributed by atoms with Gasteiger partial charge in [-0.15, -0.1) is 0 Å². The average molecular weight is 250 g/mol. The first kappa shape index (κ1) is 11.9. The van der Waals surface area contributed by atoms with Gasteiger partial charge in [0, 0.05) is 29.7 Å². The second-order valence-corrected chi connectivity index (χ2v) is 5.44. The number of carbonyl (C=O) groups excluding carboxylic acids is 2. The van der Waals surface area contributed by atoms with Crippen molar-refractivity contribution in [3.8, 4) is 0 Å². The highest BCUT2D eigenvalue weighted by molar-refractivity contribution is 6.19. The monoisotopic (exact) mass is 250 g/mol. The van der Waals surface area contributed by atoms with Gasteiger partial charge in [-0.05, 0) is 26.7 Å². The van der Waals surface area contributed by atoms with Gasteiger partial charge in [-0.2, -0.15) is 0 Å². The van der Waals surface area contributed by atoms with Crippen LogP contribution in [0.15, 0.2) is 11.1 Å². The van der Waals surface area contributed by atoms with E-state index in [0.29, 0.717) is 23.7 Å². The van der Waals surface area contributed by atoms with Gasteiger partial charge in [0.25, 0.3) is 11.8 Å². The molecule has 4 atom stereocenters. The van der Waals surface area contributed by atoms with Crippen LogP contribution in [0.5, 0.6) is 0 Å². The summed E-state index contributed by atoms with van der Waals surface area (Å²) in [5.74, 6) is -0.110. The van der Waals surface area contributed by atoms with E-state index in [1.165, 1.54) is 4.90 Å². The molecule has 18 heavy (non-hydrogen) atoms. The lowest BCUT2D eigenvalue weighted by Gasteiger charge is -2.54. The molecule has 0 bridgehead atoms. The van der Waals surface area contributed by atoms with Gasteiger partial charge in [0.2, 0.25) is 0 Å². The number of fused-ring (bicyclic) bond motifs is 1. The molecule has 5 nitrogen and oxygen atoms in total.